The number of hydrogen-bond acceptors (Lipinski definition) is 4. The maximum absolute atomic E-state index is 12.8. The van der Waals surface area contributed by atoms with Gasteiger partial charge in [0, 0.05) is 18.6 Å². The summed E-state index contributed by atoms with van der Waals surface area (Å²) in [5, 5.41) is 4.78. The van der Waals surface area contributed by atoms with Gasteiger partial charge in [-0.1, -0.05) is 23.7 Å². The fourth-order valence-corrected chi connectivity index (χ4v) is 2.64. The number of amides is 1. The zero-order chi connectivity index (χ0) is 18.4. The largest absolute Gasteiger partial charge is 0.494 e. The molecule has 1 amide bonds. The number of halogens is 1. The van der Waals surface area contributed by atoms with Gasteiger partial charge in [-0.05, 0) is 42.8 Å². The van der Waals surface area contributed by atoms with Gasteiger partial charge in [0.1, 0.15) is 18.4 Å². The number of aromatic nitrogens is 3. The van der Waals surface area contributed by atoms with Gasteiger partial charge in [-0.25, -0.2) is 9.67 Å². The standard InChI is InChI=1S/C19H19ClN4O2/c1-23(11-4-12-26-16-9-7-15(20)8-10-16)19(25)17-5-2-3-6-18(17)24-14-21-13-22-24/h2-3,5-10,13-14H,4,11-12H2,1H3. The molecule has 7 heteroatoms. The molecule has 0 unspecified atom stereocenters. The summed E-state index contributed by atoms with van der Waals surface area (Å²) in [7, 11) is 1.78. The fourth-order valence-electron chi connectivity index (χ4n) is 2.52. The van der Waals surface area contributed by atoms with Gasteiger partial charge >= 0.3 is 0 Å². The van der Waals surface area contributed by atoms with E-state index in [0.29, 0.717) is 29.4 Å². The second kappa shape index (κ2) is 8.49. The molecule has 0 saturated carbocycles. The highest BCUT2D eigenvalue weighted by Gasteiger charge is 2.16. The molecule has 0 aliphatic heterocycles. The lowest BCUT2D eigenvalue weighted by Crippen LogP contribution is -2.29. The van der Waals surface area contributed by atoms with Crippen molar-refractivity contribution in [3.63, 3.8) is 0 Å². The van der Waals surface area contributed by atoms with Crippen molar-refractivity contribution in [1.29, 1.82) is 0 Å². The van der Waals surface area contributed by atoms with Crippen molar-refractivity contribution < 1.29 is 9.53 Å². The number of nitrogens with zero attached hydrogens (tertiary/aromatic N) is 4. The van der Waals surface area contributed by atoms with Gasteiger partial charge in [-0.3, -0.25) is 4.79 Å². The van der Waals surface area contributed by atoms with Crippen LogP contribution in [0.5, 0.6) is 5.75 Å². The predicted octanol–water partition coefficient (Wildman–Crippen LogP) is 3.46. The van der Waals surface area contributed by atoms with Crippen LogP contribution >= 0.6 is 11.6 Å². The summed E-state index contributed by atoms with van der Waals surface area (Å²) in [5.74, 6) is 0.697. The van der Waals surface area contributed by atoms with Crippen LogP contribution < -0.4 is 4.74 Å². The molecule has 0 atom stereocenters. The Labute approximate surface area is 157 Å². The number of para-hydroxylation sites is 1. The third-order valence-electron chi connectivity index (χ3n) is 3.87. The van der Waals surface area contributed by atoms with E-state index in [0.717, 1.165) is 12.2 Å². The van der Waals surface area contributed by atoms with Gasteiger partial charge in [-0.2, -0.15) is 5.10 Å². The van der Waals surface area contributed by atoms with E-state index in [-0.39, 0.29) is 5.91 Å². The molecule has 0 spiro atoms. The fraction of sp³-hybridized carbons (Fsp3) is 0.211. The average molecular weight is 371 g/mol. The molecule has 0 aliphatic rings. The summed E-state index contributed by atoms with van der Waals surface area (Å²) in [4.78, 5) is 18.4. The molecule has 134 valence electrons. The highest BCUT2D eigenvalue weighted by molar-refractivity contribution is 6.30. The molecule has 0 aliphatic carbocycles. The quantitative estimate of drug-likeness (QED) is 0.597. The Morgan fingerprint density at radius 1 is 1.19 bits per heavy atom. The number of rotatable bonds is 7. The van der Waals surface area contributed by atoms with E-state index in [1.165, 1.54) is 6.33 Å². The maximum Gasteiger partial charge on any atom is 0.255 e. The summed E-state index contributed by atoms with van der Waals surface area (Å²) >= 11 is 5.85. The number of hydrogen-bond donors (Lipinski definition) is 0. The van der Waals surface area contributed by atoms with Crippen molar-refractivity contribution in [3.05, 3.63) is 71.8 Å². The SMILES string of the molecule is CN(CCCOc1ccc(Cl)cc1)C(=O)c1ccccc1-n1cncn1. The lowest BCUT2D eigenvalue weighted by atomic mass is 10.1. The molecule has 2 aromatic carbocycles. The van der Waals surface area contributed by atoms with Crippen molar-refractivity contribution in [2.24, 2.45) is 0 Å². The minimum Gasteiger partial charge on any atom is -0.494 e. The number of ether oxygens (including phenoxy) is 1. The van der Waals surface area contributed by atoms with E-state index < -0.39 is 0 Å². The summed E-state index contributed by atoms with van der Waals surface area (Å²) in [5.41, 5.74) is 1.29. The van der Waals surface area contributed by atoms with Crippen LogP contribution in [0, 0.1) is 0 Å². The van der Waals surface area contributed by atoms with E-state index in [1.54, 1.807) is 41.2 Å². The highest BCUT2D eigenvalue weighted by atomic mass is 35.5. The zero-order valence-electron chi connectivity index (χ0n) is 14.4. The molecule has 3 aromatic rings. The smallest absolute Gasteiger partial charge is 0.255 e. The molecular weight excluding hydrogens is 352 g/mol. The first-order valence-corrected chi connectivity index (χ1v) is 8.61. The molecular formula is C19H19ClN4O2. The van der Waals surface area contributed by atoms with E-state index in [9.17, 15) is 4.79 Å². The Morgan fingerprint density at radius 2 is 1.96 bits per heavy atom. The second-order valence-corrected chi connectivity index (χ2v) is 6.18. The number of carbonyl (C=O) groups is 1. The molecule has 0 bridgehead atoms. The topological polar surface area (TPSA) is 60.2 Å². The summed E-state index contributed by atoms with van der Waals surface area (Å²) in [6.07, 6.45) is 3.74. The Kier molecular flexibility index (Phi) is 5.86. The van der Waals surface area contributed by atoms with Crippen molar-refractivity contribution in [1.82, 2.24) is 19.7 Å². The number of carbonyl (C=O) groups excluding carboxylic acids is 1. The van der Waals surface area contributed by atoms with Gasteiger partial charge in [0.2, 0.25) is 0 Å². The van der Waals surface area contributed by atoms with Crippen molar-refractivity contribution >= 4 is 17.5 Å². The van der Waals surface area contributed by atoms with E-state index in [2.05, 4.69) is 10.1 Å². The van der Waals surface area contributed by atoms with Crippen molar-refractivity contribution in [2.75, 3.05) is 20.2 Å². The first-order chi connectivity index (χ1) is 12.6. The molecule has 0 fully saturated rings. The molecule has 1 heterocycles. The molecule has 0 N–H and O–H groups in total. The van der Waals surface area contributed by atoms with Gasteiger partial charge in [0.15, 0.2) is 0 Å². The third kappa shape index (κ3) is 4.40. The first kappa shape index (κ1) is 17.9. The third-order valence-corrected chi connectivity index (χ3v) is 4.12. The van der Waals surface area contributed by atoms with Gasteiger partial charge in [0.05, 0.1) is 17.9 Å². The monoisotopic (exact) mass is 370 g/mol. The molecule has 3 rings (SSSR count). The lowest BCUT2D eigenvalue weighted by molar-refractivity contribution is 0.0787. The van der Waals surface area contributed by atoms with Crippen LogP contribution in [0.1, 0.15) is 16.8 Å². The Bertz CT molecular complexity index is 850. The minimum atomic E-state index is -0.0670. The summed E-state index contributed by atoms with van der Waals surface area (Å²) in [6, 6.07) is 14.6. The molecule has 0 saturated heterocycles. The van der Waals surface area contributed by atoms with Crippen LogP contribution in [0.3, 0.4) is 0 Å². The van der Waals surface area contributed by atoms with Gasteiger partial charge in [-0.15, -0.1) is 0 Å². The first-order valence-electron chi connectivity index (χ1n) is 8.23. The highest BCUT2D eigenvalue weighted by Crippen LogP contribution is 2.17. The zero-order valence-corrected chi connectivity index (χ0v) is 15.1. The summed E-state index contributed by atoms with van der Waals surface area (Å²) in [6.45, 7) is 1.10. The predicted molar refractivity (Wildman–Crippen MR) is 99.9 cm³/mol. The minimum absolute atomic E-state index is 0.0670. The lowest BCUT2D eigenvalue weighted by Gasteiger charge is -2.19. The Morgan fingerprint density at radius 3 is 2.69 bits per heavy atom. The average Bonchev–Trinajstić information content (AvgIpc) is 3.20. The molecule has 26 heavy (non-hydrogen) atoms. The van der Waals surface area contributed by atoms with Crippen LogP contribution in [-0.4, -0.2) is 45.8 Å². The van der Waals surface area contributed by atoms with Gasteiger partial charge < -0.3 is 9.64 Å². The molecule has 6 nitrogen and oxygen atoms in total. The van der Waals surface area contributed by atoms with Crippen LogP contribution in [-0.2, 0) is 0 Å². The van der Waals surface area contributed by atoms with Crippen molar-refractivity contribution in [3.8, 4) is 11.4 Å². The summed E-state index contributed by atoms with van der Waals surface area (Å²) < 4.78 is 7.25. The van der Waals surface area contributed by atoms with Gasteiger partial charge in [0.25, 0.3) is 5.91 Å². The van der Waals surface area contributed by atoms with E-state index in [4.69, 9.17) is 16.3 Å². The van der Waals surface area contributed by atoms with E-state index in [1.807, 2.05) is 30.3 Å². The number of benzene rings is 2. The van der Waals surface area contributed by atoms with Crippen LogP contribution in [0.4, 0.5) is 0 Å². The molecule has 1 aromatic heterocycles. The Hall–Kier alpha value is -2.86. The van der Waals surface area contributed by atoms with Crippen molar-refractivity contribution in [2.45, 2.75) is 6.42 Å². The molecule has 0 radical (unpaired) electrons. The maximum atomic E-state index is 12.8. The van der Waals surface area contributed by atoms with Crippen LogP contribution in [0.25, 0.3) is 5.69 Å². The second-order valence-electron chi connectivity index (χ2n) is 5.74. The Balaban J connectivity index is 1.56. The van der Waals surface area contributed by atoms with E-state index >= 15 is 0 Å². The van der Waals surface area contributed by atoms with Crippen LogP contribution in [0.2, 0.25) is 5.02 Å². The normalized spacial score (nSPS) is 10.5. The van der Waals surface area contributed by atoms with Crippen LogP contribution in [0.15, 0.2) is 61.2 Å².